The molecule has 3 N–H and O–H groups in total. The van der Waals surface area contributed by atoms with Crippen molar-refractivity contribution in [2.75, 3.05) is 19.7 Å². The molecule has 3 nitrogen and oxygen atoms in total. The second-order valence-corrected chi connectivity index (χ2v) is 3.85. The molecule has 0 aromatic rings. The second kappa shape index (κ2) is 6.35. The van der Waals surface area contributed by atoms with Crippen molar-refractivity contribution in [3.8, 4) is 0 Å². The molecule has 0 fully saturated rings. The first-order valence-electron chi connectivity index (χ1n) is 5.10. The first-order chi connectivity index (χ1) is 6.10. The molecule has 0 saturated carbocycles. The van der Waals surface area contributed by atoms with E-state index in [9.17, 15) is 5.11 Å². The summed E-state index contributed by atoms with van der Waals surface area (Å²) >= 11 is 0. The van der Waals surface area contributed by atoms with E-state index >= 15 is 0 Å². The molecule has 1 unspecified atom stereocenters. The molecule has 0 bridgehead atoms. The average molecular weight is 189 g/mol. The number of aliphatic hydroxyl groups excluding tert-OH is 2. The van der Waals surface area contributed by atoms with Crippen LogP contribution in [0.15, 0.2) is 0 Å². The summed E-state index contributed by atoms with van der Waals surface area (Å²) in [5.41, 5.74) is -0.00507. The van der Waals surface area contributed by atoms with Crippen LogP contribution in [-0.2, 0) is 0 Å². The fourth-order valence-electron chi connectivity index (χ4n) is 1.33. The smallest absolute Gasteiger partial charge is 0.0636 e. The lowest BCUT2D eigenvalue weighted by atomic mass is 9.83. The van der Waals surface area contributed by atoms with Gasteiger partial charge < -0.3 is 15.5 Å². The number of aliphatic hydroxyl groups is 2. The average Bonchev–Trinajstić information content (AvgIpc) is 2.13. The van der Waals surface area contributed by atoms with E-state index in [2.05, 4.69) is 19.2 Å². The monoisotopic (exact) mass is 189 g/mol. The molecule has 0 spiro atoms. The molecular weight excluding hydrogens is 166 g/mol. The maximum atomic E-state index is 9.24. The third-order valence-corrected chi connectivity index (χ3v) is 2.78. The molecule has 80 valence electrons. The molecular formula is C10H23NO2. The van der Waals surface area contributed by atoms with Gasteiger partial charge in [-0.1, -0.05) is 13.8 Å². The van der Waals surface area contributed by atoms with Crippen molar-refractivity contribution in [2.24, 2.45) is 5.41 Å². The topological polar surface area (TPSA) is 52.5 Å². The summed E-state index contributed by atoms with van der Waals surface area (Å²) in [5.74, 6) is 0. The minimum absolute atomic E-state index is 0.00507. The lowest BCUT2D eigenvalue weighted by Gasteiger charge is -2.29. The Balaban J connectivity index is 3.81. The van der Waals surface area contributed by atoms with Gasteiger partial charge in [0.1, 0.15) is 0 Å². The Kier molecular flexibility index (Phi) is 6.29. The van der Waals surface area contributed by atoms with Crippen LogP contribution in [0.5, 0.6) is 0 Å². The van der Waals surface area contributed by atoms with Crippen molar-refractivity contribution >= 4 is 0 Å². The van der Waals surface area contributed by atoms with E-state index in [-0.39, 0.29) is 18.1 Å². The molecule has 13 heavy (non-hydrogen) atoms. The highest BCUT2D eigenvalue weighted by Gasteiger charge is 2.24. The van der Waals surface area contributed by atoms with E-state index in [0.717, 1.165) is 19.4 Å². The van der Waals surface area contributed by atoms with E-state index in [4.69, 9.17) is 5.11 Å². The highest BCUT2D eigenvalue weighted by molar-refractivity contribution is 4.78. The van der Waals surface area contributed by atoms with Gasteiger partial charge >= 0.3 is 0 Å². The zero-order valence-corrected chi connectivity index (χ0v) is 9.01. The van der Waals surface area contributed by atoms with Gasteiger partial charge in [0.2, 0.25) is 0 Å². The first-order valence-corrected chi connectivity index (χ1v) is 5.10. The van der Waals surface area contributed by atoms with Crippen molar-refractivity contribution in [3.05, 3.63) is 0 Å². The fourth-order valence-corrected chi connectivity index (χ4v) is 1.33. The van der Waals surface area contributed by atoms with Crippen LogP contribution in [0, 0.1) is 5.41 Å². The van der Waals surface area contributed by atoms with Crippen LogP contribution < -0.4 is 5.32 Å². The maximum absolute atomic E-state index is 9.24. The van der Waals surface area contributed by atoms with Crippen LogP contribution in [0.3, 0.4) is 0 Å². The Morgan fingerprint density at radius 3 is 2.15 bits per heavy atom. The van der Waals surface area contributed by atoms with Crippen molar-refractivity contribution < 1.29 is 10.2 Å². The summed E-state index contributed by atoms with van der Waals surface area (Å²) in [7, 11) is 0. The van der Waals surface area contributed by atoms with Gasteiger partial charge in [0.05, 0.1) is 6.10 Å². The summed E-state index contributed by atoms with van der Waals surface area (Å²) in [5, 5.41) is 21.5. The molecule has 0 aromatic carbocycles. The third-order valence-electron chi connectivity index (χ3n) is 2.78. The van der Waals surface area contributed by atoms with Gasteiger partial charge in [0, 0.05) is 25.1 Å². The molecule has 3 heteroatoms. The standard InChI is InChI=1S/C10H23NO2/c1-4-10(5-2,8-12)7-11-6-9(3)13/h9,11-13H,4-8H2,1-3H3. The van der Waals surface area contributed by atoms with Gasteiger partial charge in [-0.15, -0.1) is 0 Å². The van der Waals surface area contributed by atoms with Gasteiger partial charge in [0.25, 0.3) is 0 Å². The van der Waals surface area contributed by atoms with E-state index in [1.165, 1.54) is 0 Å². The summed E-state index contributed by atoms with van der Waals surface area (Å²) in [6, 6.07) is 0. The van der Waals surface area contributed by atoms with E-state index in [1.807, 2.05) is 0 Å². The van der Waals surface area contributed by atoms with E-state index < -0.39 is 0 Å². The summed E-state index contributed by atoms with van der Waals surface area (Å²) in [6.45, 7) is 7.52. The van der Waals surface area contributed by atoms with Gasteiger partial charge in [-0.05, 0) is 19.8 Å². The first kappa shape index (κ1) is 12.9. The van der Waals surface area contributed by atoms with Crippen LogP contribution in [0.2, 0.25) is 0 Å². The summed E-state index contributed by atoms with van der Waals surface area (Å²) in [6.07, 6.45) is 1.62. The number of nitrogens with one attached hydrogen (secondary N) is 1. The Bertz CT molecular complexity index is 114. The molecule has 0 aliphatic carbocycles. The number of hydrogen-bond donors (Lipinski definition) is 3. The van der Waals surface area contributed by atoms with Crippen molar-refractivity contribution in [1.29, 1.82) is 0 Å². The molecule has 0 saturated heterocycles. The molecule has 0 radical (unpaired) electrons. The second-order valence-electron chi connectivity index (χ2n) is 3.85. The minimum Gasteiger partial charge on any atom is -0.396 e. The van der Waals surface area contributed by atoms with Crippen molar-refractivity contribution in [3.63, 3.8) is 0 Å². The van der Waals surface area contributed by atoms with Gasteiger partial charge in [-0.2, -0.15) is 0 Å². The van der Waals surface area contributed by atoms with Crippen molar-refractivity contribution in [2.45, 2.75) is 39.7 Å². The quantitative estimate of drug-likeness (QED) is 0.554. The maximum Gasteiger partial charge on any atom is 0.0636 e. The zero-order chi connectivity index (χ0) is 10.3. The fraction of sp³-hybridized carbons (Fsp3) is 1.00. The summed E-state index contributed by atoms with van der Waals surface area (Å²) < 4.78 is 0. The Morgan fingerprint density at radius 1 is 1.31 bits per heavy atom. The zero-order valence-electron chi connectivity index (χ0n) is 9.01. The van der Waals surface area contributed by atoms with Crippen LogP contribution in [0.25, 0.3) is 0 Å². The van der Waals surface area contributed by atoms with Gasteiger partial charge in [-0.3, -0.25) is 0 Å². The molecule has 0 aliphatic heterocycles. The Morgan fingerprint density at radius 2 is 1.85 bits per heavy atom. The van der Waals surface area contributed by atoms with E-state index in [1.54, 1.807) is 6.92 Å². The lowest BCUT2D eigenvalue weighted by Crippen LogP contribution is -2.39. The SMILES string of the molecule is CCC(CC)(CO)CNCC(C)O. The molecule has 0 aliphatic rings. The molecule has 0 aromatic heterocycles. The summed E-state index contributed by atoms with van der Waals surface area (Å²) in [4.78, 5) is 0. The third kappa shape index (κ3) is 4.60. The van der Waals surface area contributed by atoms with Gasteiger partial charge in [0.15, 0.2) is 0 Å². The molecule has 0 heterocycles. The lowest BCUT2D eigenvalue weighted by molar-refractivity contribution is 0.106. The predicted molar refractivity (Wildman–Crippen MR) is 54.7 cm³/mol. The van der Waals surface area contributed by atoms with E-state index in [0.29, 0.717) is 6.54 Å². The molecule has 1 atom stereocenters. The highest BCUT2D eigenvalue weighted by Crippen LogP contribution is 2.24. The normalized spacial score (nSPS) is 14.5. The van der Waals surface area contributed by atoms with Crippen LogP contribution in [0.4, 0.5) is 0 Å². The number of hydrogen-bond acceptors (Lipinski definition) is 3. The highest BCUT2D eigenvalue weighted by atomic mass is 16.3. The van der Waals surface area contributed by atoms with Crippen LogP contribution in [-0.4, -0.2) is 36.0 Å². The molecule has 0 rings (SSSR count). The van der Waals surface area contributed by atoms with Gasteiger partial charge in [-0.25, -0.2) is 0 Å². The van der Waals surface area contributed by atoms with Crippen molar-refractivity contribution in [1.82, 2.24) is 5.32 Å². The van der Waals surface area contributed by atoms with Crippen LogP contribution in [0.1, 0.15) is 33.6 Å². The minimum atomic E-state index is -0.315. The predicted octanol–water partition coefficient (Wildman–Crippen LogP) is 0.756. The number of rotatable bonds is 7. The Hall–Kier alpha value is -0.120. The largest absolute Gasteiger partial charge is 0.396 e. The Labute approximate surface area is 81.2 Å². The molecule has 0 amide bonds. The van der Waals surface area contributed by atoms with Crippen LogP contribution >= 0.6 is 0 Å².